The van der Waals surface area contributed by atoms with Crippen molar-refractivity contribution in [3.63, 3.8) is 0 Å². The molecule has 2 aliphatic rings. The molecule has 0 spiro atoms. The monoisotopic (exact) mass is 295 g/mol. The molecule has 0 radical (unpaired) electrons. The van der Waals surface area contributed by atoms with Crippen LogP contribution in [-0.4, -0.2) is 44.6 Å². The normalized spacial score (nSPS) is 29.8. The van der Waals surface area contributed by atoms with E-state index in [9.17, 15) is 9.90 Å². The van der Waals surface area contributed by atoms with E-state index in [1.807, 2.05) is 6.92 Å². The Labute approximate surface area is 123 Å². The van der Waals surface area contributed by atoms with Crippen LogP contribution in [0.1, 0.15) is 36.1 Å². The number of hydrogen-bond donors (Lipinski definition) is 1. The summed E-state index contributed by atoms with van der Waals surface area (Å²) >= 11 is 6.02. The number of β-amino-alcohol motifs (C(OH)–C–C–N with tert-alkyl or cyclic N) is 1. The van der Waals surface area contributed by atoms with Crippen molar-refractivity contribution >= 4 is 17.5 Å². The smallest absolute Gasteiger partial charge is 0.274 e. The van der Waals surface area contributed by atoms with Gasteiger partial charge in [0.2, 0.25) is 0 Å². The van der Waals surface area contributed by atoms with Gasteiger partial charge in [0.15, 0.2) is 5.69 Å². The molecule has 108 valence electrons. The van der Waals surface area contributed by atoms with Gasteiger partial charge in [0.1, 0.15) is 5.82 Å². The molecule has 0 unspecified atom stereocenters. The van der Waals surface area contributed by atoms with Gasteiger partial charge in [-0.1, -0.05) is 18.5 Å². The summed E-state index contributed by atoms with van der Waals surface area (Å²) in [7, 11) is 0. The van der Waals surface area contributed by atoms with Crippen LogP contribution in [0.25, 0.3) is 0 Å². The number of carbonyl (C=O) groups is 1. The maximum absolute atomic E-state index is 12.5. The van der Waals surface area contributed by atoms with E-state index < -0.39 is 5.60 Å². The highest BCUT2D eigenvalue weighted by Gasteiger charge is 2.53. The van der Waals surface area contributed by atoms with Crippen molar-refractivity contribution in [2.75, 3.05) is 13.1 Å². The summed E-state index contributed by atoms with van der Waals surface area (Å²) in [4.78, 5) is 22.3. The first kappa shape index (κ1) is 13.8. The van der Waals surface area contributed by atoms with Crippen molar-refractivity contribution in [2.45, 2.75) is 32.3 Å². The lowest BCUT2D eigenvalue weighted by atomic mass is 9.88. The van der Waals surface area contributed by atoms with Crippen molar-refractivity contribution < 1.29 is 9.90 Å². The number of aryl methyl sites for hydroxylation is 1. The average molecular weight is 296 g/mol. The van der Waals surface area contributed by atoms with Crippen LogP contribution in [0.5, 0.6) is 0 Å². The fraction of sp³-hybridized carbons (Fsp3) is 0.643. The zero-order chi connectivity index (χ0) is 14.5. The molecule has 1 saturated carbocycles. The van der Waals surface area contributed by atoms with Crippen LogP contribution >= 0.6 is 11.6 Å². The minimum Gasteiger partial charge on any atom is -0.387 e. The van der Waals surface area contributed by atoms with Crippen molar-refractivity contribution in [3.8, 4) is 0 Å². The lowest BCUT2D eigenvalue weighted by Crippen LogP contribution is -2.40. The van der Waals surface area contributed by atoms with Gasteiger partial charge < -0.3 is 10.0 Å². The number of aromatic nitrogens is 2. The van der Waals surface area contributed by atoms with Gasteiger partial charge in [-0.3, -0.25) is 4.79 Å². The molecule has 3 rings (SSSR count). The maximum Gasteiger partial charge on any atom is 0.274 e. The van der Waals surface area contributed by atoms with Gasteiger partial charge in [0.05, 0.1) is 23.4 Å². The van der Waals surface area contributed by atoms with E-state index in [1.165, 1.54) is 6.20 Å². The van der Waals surface area contributed by atoms with Crippen molar-refractivity contribution in [3.05, 3.63) is 22.7 Å². The lowest BCUT2D eigenvalue weighted by Gasteiger charge is -2.26. The number of aliphatic hydroxyl groups is 1. The molecule has 1 saturated heterocycles. The Morgan fingerprint density at radius 3 is 2.90 bits per heavy atom. The number of hydrogen-bond acceptors (Lipinski definition) is 4. The van der Waals surface area contributed by atoms with Crippen LogP contribution in [0.3, 0.4) is 0 Å². The highest BCUT2D eigenvalue weighted by Crippen LogP contribution is 2.47. The molecule has 1 aromatic rings. The van der Waals surface area contributed by atoms with Crippen LogP contribution in [0.4, 0.5) is 0 Å². The molecule has 2 atom stereocenters. The first-order valence-corrected chi connectivity index (χ1v) is 7.30. The van der Waals surface area contributed by atoms with E-state index in [2.05, 4.69) is 9.97 Å². The number of rotatable bonds is 2. The van der Waals surface area contributed by atoms with E-state index in [0.717, 1.165) is 12.8 Å². The maximum atomic E-state index is 12.5. The molecule has 2 fully saturated rings. The topological polar surface area (TPSA) is 66.3 Å². The third-order valence-electron chi connectivity index (χ3n) is 4.43. The fourth-order valence-electron chi connectivity index (χ4n) is 3.04. The predicted molar refractivity (Wildman–Crippen MR) is 74.5 cm³/mol. The van der Waals surface area contributed by atoms with Crippen LogP contribution in [0, 0.1) is 18.8 Å². The summed E-state index contributed by atoms with van der Waals surface area (Å²) < 4.78 is 0. The first-order valence-electron chi connectivity index (χ1n) is 6.92. The minimum absolute atomic E-state index is 0.0839. The lowest BCUT2D eigenvalue weighted by molar-refractivity contribution is -0.00367. The van der Waals surface area contributed by atoms with Crippen LogP contribution in [0.2, 0.25) is 5.02 Å². The molecule has 1 amide bonds. The highest BCUT2D eigenvalue weighted by atomic mass is 35.5. The Hall–Kier alpha value is -1.20. The molecule has 1 aliphatic carbocycles. The zero-order valence-corrected chi connectivity index (χ0v) is 12.4. The Bertz CT molecular complexity index is 561. The second-order valence-corrected chi connectivity index (χ2v) is 6.37. The number of amides is 1. The van der Waals surface area contributed by atoms with Crippen molar-refractivity contribution in [2.24, 2.45) is 11.8 Å². The second-order valence-electron chi connectivity index (χ2n) is 5.97. The van der Waals surface area contributed by atoms with E-state index in [1.54, 1.807) is 11.8 Å². The number of likely N-dealkylation sites (tertiary alicyclic amines) is 1. The van der Waals surface area contributed by atoms with Gasteiger partial charge >= 0.3 is 0 Å². The standard InChI is InChI=1S/C14H18ClN3O2/c1-8-6-18(7-14(8,20)10-3-4-10)13(19)12-11(15)5-16-9(2)17-12/h5,8,10,20H,3-4,6-7H2,1-2H3/t8-,14+/m1/s1. The average Bonchev–Trinajstić information content (AvgIpc) is 3.20. The largest absolute Gasteiger partial charge is 0.387 e. The highest BCUT2D eigenvalue weighted by molar-refractivity contribution is 6.33. The quantitative estimate of drug-likeness (QED) is 0.901. The van der Waals surface area contributed by atoms with E-state index in [0.29, 0.717) is 24.8 Å². The Kier molecular flexibility index (Phi) is 3.21. The van der Waals surface area contributed by atoms with Gasteiger partial charge in [-0.2, -0.15) is 0 Å². The molecule has 1 N–H and O–H groups in total. The molecule has 0 aromatic carbocycles. The summed E-state index contributed by atoms with van der Waals surface area (Å²) in [6.45, 7) is 4.64. The summed E-state index contributed by atoms with van der Waals surface area (Å²) in [5.74, 6) is 0.713. The van der Waals surface area contributed by atoms with E-state index >= 15 is 0 Å². The van der Waals surface area contributed by atoms with Crippen LogP contribution < -0.4 is 0 Å². The Morgan fingerprint density at radius 1 is 1.55 bits per heavy atom. The molecule has 2 heterocycles. The molecule has 6 heteroatoms. The van der Waals surface area contributed by atoms with Gasteiger partial charge in [-0.25, -0.2) is 9.97 Å². The molecular formula is C14H18ClN3O2. The Morgan fingerprint density at radius 2 is 2.25 bits per heavy atom. The van der Waals surface area contributed by atoms with Gasteiger partial charge in [-0.15, -0.1) is 0 Å². The van der Waals surface area contributed by atoms with Crippen molar-refractivity contribution in [1.82, 2.24) is 14.9 Å². The van der Waals surface area contributed by atoms with E-state index in [-0.39, 0.29) is 22.5 Å². The molecule has 1 aliphatic heterocycles. The number of carbonyl (C=O) groups excluding carboxylic acids is 1. The Balaban J connectivity index is 1.83. The number of nitrogens with zero attached hydrogens (tertiary/aromatic N) is 3. The van der Waals surface area contributed by atoms with Gasteiger partial charge in [0.25, 0.3) is 5.91 Å². The summed E-state index contributed by atoms with van der Waals surface area (Å²) in [6, 6.07) is 0. The molecule has 1 aromatic heterocycles. The van der Waals surface area contributed by atoms with Crippen molar-refractivity contribution in [1.29, 1.82) is 0 Å². The summed E-state index contributed by atoms with van der Waals surface area (Å²) in [5, 5.41) is 11.0. The fourth-order valence-corrected chi connectivity index (χ4v) is 3.21. The van der Waals surface area contributed by atoms with Gasteiger partial charge in [0, 0.05) is 12.5 Å². The molecule has 5 nitrogen and oxygen atoms in total. The van der Waals surface area contributed by atoms with Crippen LogP contribution in [-0.2, 0) is 0 Å². The summed E-state index contributed by atoms with van der Waals surface area (Å²) in [6.07, 6.45) is 3.55. The van der Waals surface area contributed by atoms with Gasteiger partial charge in [-0.05, 0) is 25.7 Å². The zero-order valence-electron chi connectivity index (χ0n) is 11.6. The molecular weight excluding hydrogens is 278 g/mol. The third kappa shape index (κ3) is 2.19. The second kappa shape index (κ2) is 4.67. The van der Waals surface area contributed by atoms with E-state index in [4.69, 9.17) is 11.6 Å². The third-order valence-corrected chi connectivity index (χ3v) is 4.71. The minimum atomic E-state index is -0.746. The van der Waals surface area contributed by atoms with Crippen LogP contribution in [0.15, 0.2) is 6.20 Å². The molecule has 0 bridgehead atoms. The SMILES string of the molecule is Cc1ncc(Cl)c(C(=O)N2C[C@@H](C)[C@](O)(C3CC3)C2)n1. The summed E-state index contributed by atoms with van der Waals surface area (Å²) in [5.41, 5.74) is -0.518. The number of halogens is 1. The first-order chi connectivity index (χ1) is 9.41. The predicted octanol–water partition coefficient (Wildman–Crippen LogP) is 1.67. The molecule has 20 heavy (non-hydrogen) atoms.